The average molecular weight is 243 g/mol. The molecule has 0 radical (unpaired) electrons. The molecule has 16 heavy (non-hydrogen) atoms. The van der Waals surface area contributed by atoms with E-state index in [1.807, 2.05) is 0 Å². The Bertz CT molecular complexity index is 170. The first-order valence-corrected chi connectivity index (χ1v) is 8.18. The molecule has 2 unspecified atom stereocenters. The quantitative estimate of drug-likeness (QED) is 0.618. The van der Waals surface area contributed by atoms with Crippen LogP contribution in [0.4, 0.5) is 0 Å². The molecule has 1 aliphatic carbocycles. The summed E-state index contributed by atoms with van der Waals surface area (Å²) in [5.41, 5.74) is 0. The van der Waals surface area contributed by atoms with Crippen LogP contribution in [0, 0.1) is 17.8 Å². The Kier molecular flexibility index (Phi) is 7.55. The van der Waals surface area contributed by atoms with Crippen molar-refractivity contribution in [1.29, 1.82) is 0 Å². The molecule has 0 bridgehead atoms. The summed E-state index contributed by atoms with van der Waals surface area (Å²) in [6, 6.07) is 0. The molecule has 0 aromatic heterocycles. The van der Waals surface area contributed by atoms with Crippen LogP contribution >= 0.6 is 11.8 Å². The maximum Gasteiger partial charge on any atom is -0.00178 e. The normalized spacial score (nSPS) is 24.8. The molecule has 0 aliphatic heterocycles. The Hall–Kier alpha value is 0.310. The van der Waals surface area contributed by atoms with Crippen LogP contribution in [0.5, 0.6) is 0 Å². The van der Waals surface area contributed by atoms with Crippen molar-refractivity contribution in [2.24, 2.45) is 17.8 Å². The van der Waals surface area contributed by atoms with Gasteiger partial charge < -0.3 is 5.32 Å². The molecule has 1 saturated carbocycles. The zero-order valence-electron chi connectivity index (χ0n) is 11.3. The Morgan fingerprint density at radius 3 is 2.56 bits per heavy atom. The van der Waals surface area contributed by atoms with Gasteiger partial charge in [0.25, 0.3) is 0 Å². The van der Waals surface area contributed by atoms with Gasteiger partial charge in [-0.05, 0) is 68.0 Å². The molecule has 1 N–H and O–H groups in total. The van der Waals surface area contributed by atoms with E-state index in [1.165, 1.54) is 50.3 Å². The summed E-state index contributed by atoms with van der Waals surface area (Å²) >= 11 is 2.09. The fourth-order valence-corrected chi connectivity index (χ4v) is 3.10. The van der Waals surface area contributed by atoms with Crippen molar-refractivity contribution < 1.29 is 0 Å². The Morgan fingerprint density at radius 1 is 1.25 bits per heavy atom. The molecule has 96 valence electrons. The van der Waals surface area contributed by atoms with Gasteiger partial charge in [0.1, 0.15) is 0 Å². The number of nitrogens with one attached hydrogen (secondary N) is 1. The highest BCUT2D eigenvalue weighted by molar-refractivity contribution is 7.99. The monoisotopic (exact) mass is 243 g/mol. The molecule has 1 aliphatic rings. The van der Waals surface area contributed by atoms with Gasteiger partial charge in [-0.1, -0.05) is 20.8 Å². The first kappa shape index (κ1) is 14.4. The predicted octanol–water partition coefficient (Wildman–Crippen LogP) is 3.79. The highest BCUT2D eigenvalue weighted by Gasteiger charge is 2.29. The minimum Gasteiger partial charge on any atom is -0.316 e. The fraction of sp³-hybridized carbons (Fsp3) is 1.00. The van der Waals surface area contributed by atoms with Gasteiger partial charge in [0, 0.05) is 0 Å². The number of hydrogen-bond acceptors (Lipinski definition) is 2. The Labute approximate surface area is 106 Å². The van der Waals surface area contributed by atoms with Gasteiger partial charge in [-0.2, -0.15) is 11.8 Å². The smallest absolute Gasteiger partial charge is 0.00178 e. The van der Waals surface area contributed by atoms with Crippen LogP contribution in [0.2, 0.25) is 0 Å². The standard InChI is InChI=1S/C14H29NS/c1-4-16-9-5-6-13-7-8-14(13)11-15-10-12(2)3/h12-15H,4-11H2,1-3H3. The molecule has 2 heteroatoms. The lowest BCUT2D eigenvalue weighted by Crippen LogP contribution is -2.36. The second-order valence-electron chi connectivity index (χ2n) is 5.49. The van der Waals surface area contributed by atoms with Gasteiger partial charge in [0.05, 0.1) is 0 Å². The number of thioether (sulfide) groups is 1. The minimum atomic E-state index is 0.791. The Morgan fingerprint density at radius 2 is 2.00 bits per heavy atom. The zero-order valence-corrected chi connectivity index (χ0v) is 12.1. The summed E-state index contributed by atoms with van der Waals surface area (Å²) in [6.45, 7) is 9.28. The third-order valence-electron chi connectivity index (χ3n) is 3.60. The van der Waals surface area contributed by atoms with Crippen molar-refractivity contribution in [2.75, 3.05) is 24.6 Å². The molecule has 1 fully saturated rings. The summed E-state index contributed by atoms with van der Waals surface area (Å²) in [6.07, 6.45) is 5.87. The van der Waals surface area contributed by atoms with E-state index in [4.69, 9.17) is 0 Å². The first-order chi connectivity index (χ1) is 7.74. The van der Waals surface area contributed by atoms with Gasteiger partial charge in [-0.15, -0.1) is 0 Å². The lowest BCUT2D eigenvalue weighted by molar-refractivity contribution is 0.158. The Balaban J connectivity index is 1.97. The molecule has 0 aromatic carbocycles. The number of rotatable bonds is 9. The third kappa shape index (κ3) is 5.58. The van der Waals surface area contributed by atoms with E-state index in [-0.39, 0.29) is 0 Å². The van der Waals surface area contributed by atoms with E-state index in [0.717, 1.165) is 17.8 Å². The predicted molar refractivity (Wildman–Crippen MR) is 76.2 cm³/mol. The summed E-state index contributed by atoms with van der Waals surface area (Å²) in [5.74, 6) is 5.48. The van der Waals surface area contributed by atoms with Gasteiger partial charge in [0.2, 0.25) is 0 Å². The molecule has 1 rings (SSSR count). The van der Waals surface area contributed by atoms with Crippen LogP contribution in [0.25, 0.3) is 0 Å². The topological polar surface area (TPSA) is 12.0 Å². The molecular formula is C14H29NS. The summed E-state index contributed by atoms with van der Waals surface area (Å²) in [7, 11) is 0. The number of hydrogen-bond donors (Lipinski definition) is 1. The van der Waals surface area contributed by atoms with Gasteiger partial charge in [-0.25, -0.2) is 0 Å². The van der Waals surface area contributed by atoms with E-state index in [1.54, 1.807) is 0 Å². The van der Waals surface area contributed by atoms with Crippen molar-refractivity contribution >= 4 is 11.8 Å². The van der Waals surface area contributed by atoms with Crippen LogP contribution in [-0.2, 0) is 0 Å². The summed E-state index contributed by atoms with van der Waals surface area (Å²) in [4.78, 5) is 0. The van der Waals surface area contributed by atoms with Crippen LogP contribution in [0.3, 0.4) is 0 Å². The maximum atomic E-state index is 3.61. The lowest BCUT2D eigenvalue weighted by Gasteiger charge is -2.37. The van der Waals surface area contributed by atoms with Crippen molar-refractivity contribution in [3.05, 3.63) is 0 Å². The van der Waals surface area contributed by atoms with Crippen LogP contribution in [0.15, 0.2) is 0 Å². The van der Waals surface area contributed by atoms with Crippen molar-refractivity contribution in [1.82, 2.24) is 5.32 Å². The second kappa shape index (κ2) is 8.41. The van der Waals surface area contributed by atoms with Crippen LogP contribution < -0.4 is 5.32 Å². The average Bonchev–Trinajstić information content (AvgIpc) is 2.22. The summed E-state index contributed by atoms with van der Waals surface area (Å²) < 4.78 is 0. The first-order valence-electron chi connectivity index (χ1n) is 7.02. The third-order valence-corrected chi connectivity index (χ3v) is 4.59. The molecule has 0 amide bonds. The van der Waals surface area contributed by atoms with Crippen molar-refractivity contribution in [2.45, 2.75) is 46.5 Å². The molecular weight excluding hydrogens is 214 g/mol. The second-order valence-corrected chi connectivity index (χ2v) is 6.88. The summed E-state index contributed by atoms with van der Waals surface area (Å²) in [5, 5.41) is 3.61. The van der Waals surface area contributed by atoms with Gasteiger partial charge in [-0.3, -0.25) is 0 Å². The fourth-order valence-electron chi connectivity index (χ4n) is 2.44. The molecule has 0 spiro atoms. The van der Waals surface area contributed by atoms with Gasteiger partial charge in [0.15, 0.2) is 0 Å². The SMILES string of the molecule is CCSCCCC1CCC1CNCC(C)C. The van der Waals surface area contributed by atoms with Gasteiger partial charge >= 0.3 is 0 Å². The van der Waals surface area contributed by atoms with E-state index < -0.39 is 0 Å². The highest BCUT2D eigenvalue weighted by atomic mass is 32.2. The molecule has 2 atom stereocenters. The largest absolute Gasteiger partial charge is 0.316 e. The van der Waals surface area contributed by atoms with Crippen molar-refractivity contribution in [3.8, 4) is 0 Å². The molecule has 0 aromatic rings. The van der Waals surface area contributed by atoms with Crippen LogP contribution in [0.1, 0.15) is 46.5 Å². The molecule has 0 saturated heterocycles. The molecule has 1 nitrogen and oxygen atoms in total. The maximum absolute atomic E-state index is 3.61. The van der Waals surface area contributed by atoms with Crippen LogP contribution in [-0.4, -0.2) is 24.6 Å². The minimum absolute atomic E-state index is 0.791. The molecule has 0 heterocycles. The van der Waals surface area contributed by atoms with E-state index >= 15 is 0 Å². The highest BCUT2D eigenvalue weighted by Crippen LogP contribution is 2.37. The van der Waals surface area contributed by atoms with E-state index in [0.29, 0.717) is 0 Å². The van der Waals surface area contributed by atoms with Crippen molar-refractivity contribution in [3.63, 3.8) is 0 Å². The van der Waals surface area contributed by atoms with E-state index in [2.05, 4.69) is 37.8 Å². The lowest BCUT2D eigenvalue weighted by atomic mass is 9.71. The zero-order chi connectivity index (χ0) is 11.8. The van der Waals surface area contributed by atoms with E-state index in [9.17, 15) is 0 Å².